The summed E-state index contributed by atoms with van der Waals surface area (Å²) in [5.41, 5.74) is 2.98. The van der Waals surface area contributed by atoms with E-state index in [1.807, 2.05) is 24.6 Å². The number of aryl methyl sites for hydroxylation is 4. The first-order valence-electron chi connectivity index (χ1n) is 9.29. The molecule has 0 spiro atoms. The molecule has 7 nitrogen and oxygen atoms in total. The molecule has 3 aromatic rings. The molecule has 0 saturated carbocycles. The van der Waals surface area contributed by atoms with Gasteiger partial charge in [-0.2, -0.15) is 5.10 Å². The van der Waals surface area contributed by atoms with Gasteiger partial charge in [-0.25, -0.2) is 4.39 Å². The Morgan fingerprint density at radius 3 is 2.59 bits per heavy atom. The Balaban J connectivity index is 1.58. The van der Waals surface area contributed by atoms with Gasteiger partial charge in [-0.1, -0.05) is 0 Å². The molecule has 152 valence electrons. The number of hydrogen-bond donors (Lipinski definition) is 2. The Labute approximate surface area is 167 Å². The van der Waals surface area contributed by atoms with E-state index in [2.05, 4.69) is 15.7 Å². The molecule has 0 radical (unpaired) electrons. The summed E-state index contributed by atoms with van der Waals surface area (Å²) >= 11 is 0. The monoisotopic (exact) mass is 398 g/mol. The second-order valence-corrected chi connectivity index (χ2v) is 6.88. The average Bonchev–Trinajstić information content (AvgIpc) is 3.22. The van der Waals surface area contributed by atoms with Gasteiger partial charge in [0.05, 0.1) is 12.0 Å². The smallest absolute Gasteiger partial charge is 0.291 e. The first-order valence-corrected chi connectivity index (χ1v) is 9.29. The van der Waals surface area contributed by atoms with E-state index in [0.29, 0.717) is 25.1 Å². The summed E-state index contributed by atoms with van der Waals surface area (Å²) in [4.78, 5) is 24.6. The van der Waals surface area contributed by atoms with Gasteiger partial charge in [0.2, 0.25) is 0 Å². The molecule has 0 bridgehead atoms. The van der Waals surface area contributed by atoms with Crippen LogP contribution in [0.5, 0.6) is 0 Å². The standard InChI is InChI=1S/C21H23FN4O3/c1-13-5-8-29-19(13)21(28)24-18-11-16(10-17(22)12-18)20(27)23-6-4-7-26-15(3)9-14(2)25-26/h5,8-12H,4,6-7H2,1-3H3,(H,23,27)(H,24,28). The number of carbonyl (C=O) groups is 2. The number of benzene rings is 1. The molecule has 0 aliphatic heterocycles. The van der Waals surface area contributed by atoms with Crippen LogP contribution in [0.2, 0.25) is 0 Å². The van der Waals surface area contributed by atoms with Crippen molar-refractivity contribution < 1.29 is 18.4 Å². The number of rotatable bonds is 7. The third-order valence-corrected chi connectivity index (χ3v) is 4.42. The predicted octanol–water partition coefficient (Wildman–Crippen LogP) is 3.61. The molecule has 2 heterocycles. The zero-order chi connectivity index (χ0) is 21.0. The Morgan fingerprint density at radius 1 is 1.14 bits per heavy atom. The average molecular weight is 398 g/mol. The number of halogens is 1. The van der Waals surface area contributed by atoms with Crippen LogP contribution in [-0.2, 0) is 6.54 Å². The van der Waals surface area contributed by atoms with Crippen molar-refractivity contribution >= 4 is 17.5 Å². The molecule has 0 unspecified atom stereocenters. The highest BCUT2D eigenvalue weighted by atomic mass is 19.1. The molecule has 0 fully saturated rings. The lowest BCUT2D eigenvalue weighted by atomic mass is 10.1. The largest absolute Gasteiger partial charge is 0.459 e. The highest BCUT2D eigenvalue weighted by Crippen LogP contribution is 2.17. The quantitative estimate of drug-likeness (QED) is 0.595. The minimum Gasteiger partial charge on any atom is -0.459 e. The van der Waals surface area contributed by atoms with Gasteiger partial charge in [0, 0.05) is 35.6 Å². The van der Waals surface area contributed by atoms with E-state index in [0.717, 1.165) is 23.5 Å². The molecule has 1 aromatic carbocycles. The molecule has 0 atom stereocenters. The summed E-state index contributed by atoms with van der Waals surface area (Å²) in [5.74, 6) is -1.40. The van der Waals surface area contributed by atoms with Crippen molar-refractivity contribution in [3.8, 4) is 0 Å². The van der Waals surface area contributed by atoms with Crippen molar-refractivity contribution in [1.82, 2.24) is 15.1 Å². The Morgan fingerprint density at radius 2 is 1.93 bits per heavy atom. The minimum atomic E-state index is -0.619. The highest BCUT2D eigenvalue weighted by Gasteiger charge is 2.15. The van der Waals surface area contributed by atoms with Crippen LogP contribution in [0.15, 0.2) is 41.0 Å². The van der Waals surface area contributed by atoms with Gasteiger partial charge in [0.25, 0.3) is 11.8 Å². The molecule has 0 aliphatic carbocycles. The van der Waals surface area contributed by atoms with Gasteiger partial charge >= 0.3 is 0 Å². The third-order valence-electron chi connectivity index (χ3n) is 4.42. The number of anilines is 1. The van der Waals surface area contributed by atoms with Gasteiger partial charge in [-0.05, 0) is 57.5 Å². The van der Waals surface area contributed by atoms with Crippen LogP contribution >= 0.6 is 0 Å². The number of nitrogens with one attached hydrogen (secondary N) is 2. The van der Waals surface area contributed by atoms with Gasteiger partial charge in [-0.3, -0.25) is 14.3 Å². The van der Waals surface area contributed by atoms with E-state index in [-0.39, 0.29) is 17.0 Å². The van der Waals surface area contributed by atoms with Crippen LogP contribution in [0, 0.1) is 26.6 Å². The number of furan rings is 1. The van der Waals surface area contributed by atoms with Crippen molar-refractivity contribution in [2.75, 3.05) is 11.9 Å². The molecule has 8 heteroatoms. The van der Waals surface area contributed by atoms with Gasteiger partial charge in [0.1, 0.15) is 5.82 Å². The fourth-order valence-electron chi connectivity index (χ4n) is 3.02. The topological polar surface area (TPSA) is 89.2 Å². The van der Waals surface area contributed by atoms with E-state index in [4.69, 9.17) is 4.42 Å². The number of nitrogens with zero attached hydrogens (tertiary/aromatic N) is 2. The van der Waals surface area contributed by atoms with Gasteiger partial charge in [-0.15, -0.1) is 0 Å². The maximum absolute atomic E-state index is 14.0. The van der Waals surface area contributed by atoms with E-state index < -0.39 is 17.6 Å². The Bertz CT molecular complexity index is 1040. The van der Waals surface area contributed by atoms with E-state index >= 15 is 0 Å². The van der Waals surface area contributed by atoms with Crippen LogP contribution in [-0.4, -0.2) is 28.1 Å². The predicted molar refractivity (Wildman–Crippen MR) is 106 cm³/mol. The summed E-state index contributed by atoms with van der Waals surface area (Å²) in [7, 11) is 0. The maximum Gasteiger partial charge on any atom is 0.291 e. The fraction of sp³-hybridized carbons (Fsp3) is 0.286. The second-order valence-electron chi connectivity index (χ2n) is 6.88. The molecular formula is C21H23FN4O3. The number of amides is 2. The molecule has 29 heavy (non-hydrogen) atoms. The van der Waals surface area contributed by atoms with E-state index in [1.165, 1.54) is 12.3 Å². The summed E-state index contributed by atoms with van der Waals surface area (Å²) in [6, 6.07) is 7.35. The maximum atomic E-state index is 14.0. The molecule has 2 amide bonds. The van der Waals surface area contributed by atoms with Gasteiger partial charge < -0.3 is 15.1 Å². The Hall–Kier alpha value is -3.42. The molecule has 2 N–H and O–H groups in total. The van der Waals surface area contributed by atoms with Crippen molar-refractivity contribution in [2.24, 2.45) is 0 Å². The van der Waals surface area contributed by atoms with E-state index in [1.54, 1.807) is 13.0 Å². The number of aromatic nitrogens is 2. The SMILES string of the molecule is Cc1cc(C)n(CCCNC(=O)c2cc(F)cc(NC(=O)c3occc3C)c2)n1. The lowest BCUT2D eigenvalue weighted by Gasteiger charge is -2.09. The lowest BCUT2D eigenvalue weighted by molar-refractivity contribution is 0.0950. The van der Waals surface area contributed by atoms with Crippen molar-refractivity contribution in [2.45, 2.75) is 33.7 Å². The third kappa shape index (κ3) is 5.10. The fourth-order valence-corrected chi connectivity index (χ4v) is 3.02. The summed E-state index contributed by atoms with van der Waals surface area (Å²) in [6.07, 6.45) is 2.09. The van der Waals surface area contributed by atoms with E-state index in [9.17, 15) is 14.0 Å². The molecule has 0 aliphatic rings. The molecule has 0 saturated heterocycles. The summed E-state index contributed by atoms with van der Waals surface area (Å²) < 4.78 is 21.0. The summed E-state index contributed by atoms with van der Waals surface area (Å²) in [5, 5.41) is 9.69. The van der Waals surface area contributed by atoms with Crippen molar-refractivity contribution in [3.05, 3.63) is 70.7 Å². The second kappa shape index (κ2) is 8.72. The van der Waals surface area contributed by atoms with Crippen LogP contribution in [0.25, 0.3) is 0 Å². The zero-order valence-electron chi connectivity index (χ0n) is 16.6. The molecule has 2 aromatic heterocycles. The molecule has 3 rings (SSSR count). The molecular weight excluding hydrogens is 375 g/mol. The first-order chi connectivity index (χ1) is 13.8. The number of carbonyl (C=O) groups excluding carboxylic acids is 2. The lowest BCUT2D eigenvalue weighted by Crippen LogP contribution is -2.26. The van der Waals surface area contributed by atoms with Crippen LogP contribution in [0.1, 0.15) is 44.3 Å². The normalized spacial score (nSPS) is 10.8. The van der Waals surface area contributed by atoms with Crippen LogP contribution < -0.4 is 10.6 Å². The number of hydrogen-bond acceptors (Lipinski definition) is 4. The zero-order valence-corrected chi connectivity index (χ0v) is 16.6. The van der Waals surface area contributed by atoms with Gasteiger partial charge in [0.15, 0.2) is 5.76 Å². The van der Waals surface area contributed by atoms with Crippen LogP contribution in [0.3, 0.4) is 0 Å². The van der Waals surface area contributed by atoms with Crippen molar-refractivity contribution in [3.63, 3.8) is 0 Å². The van der Waals surface area contributed by atoms with Crippen LogP contribution in [0.4, 0.5) is 10.1 Å². The Kier molecular flexibility index (Phi) is 6.11. The summed E-state index contributed by atoms with van der Waals surface area (Å²) in [6.45, 7) is 6.73. The first kappa shape index (κ1) is 20.3. The van der Waals surface area contributed by atoms with Crippen molar-refractivity contribution in [1.29, 1.82) is 0 Å². The minimum absolute atomic E-state index is 0.127. The highest BCUT2D eigenvalue weighted by molar-refractivity contribution is 6.04.